The molecule has 10 nitrogen and oxygen atoms in total. The van der Waals surface area contributed by atoms with Gasteiger partial charge in [0.15, 0.2) is 0 Å². The molecule has 2 aromatic heterocycles. The van der Waals surface area contributed by atoms with Gasteiger partial charge in [0.05, 0.1) is 11.4 Å². The fourth-order valence-electron chi connectivity index (χ4n) is 2.47. The van der Waals surface area contributed by atoms with Gasteiger partial charge in [0.1, 0.15) is 5.01 Å². The summed E-state index contributed by atoms with van der Waals surface area (Å²) in [6.45, 7) is 3.25. The van der Waals surface area contributed by atoms with E-state index < -0.39 is 21.9 Å². The van der Waals surface area contributed by atoms with E-state index in [-0.39, 0.29) is 40.8 Å². The lowest BCUT2D eigenvalue weighted by Gasteiger charge is -2.13. The first-order chi connectivity index (χ1) is 12.2. The topological polar surface area (TPSA) is 144 Å². The molecule has 1 amide bonds. The van der Waals surface area contributed by atoms with Gasteiger partial charge < -0.3 is 5.11 Å². The Balaban J connectivity index is 2.20. The summed E-state index contributed by atoms with van der Waals surface area (Å²) in [5, 5.41) is 19.5. The van der Waals surface area contributed by atoms with Crippen molar-refractivity contribution in [3.05, 3.63) is 22.0 Å². The molecule has 0 spiro atoms. The second-order valence-electron chi connectivity index (χ2n) is 5.50. The molecule has 12 heteroatoms. The van der Waals surface area contributed by atoms with Crippen LogP contribution < -0.4 is 5.32 Å². The number of carbonyl (C=O) groups is 2. The Bertz CT molecular complexity index is 1030. The minimum atomic E-state index is -4.13. The maximum atomic E-state index is 13.0. The number of fused-ring (bicyclic) bond motifs is 1. The Morgan fingerprint density at radius 2 is 2.08 bits per heavy atom. The number of amides is 1. The van der Waals surface area contributed by atoms with Crippen molar-refractivity contribution in [1.29, 1.82) is 0 Å². The molecule has 0 saturated heterocycles. The van der Waals surface area contributed by atoms with E-state index in [2.05, 4.69) is 20.5 Å². The number of nitrogens with zero attached hydrogens (tertiary/aromatic N) is 4. The SMILES string of the molecule is CCC(=O)Nc1nc2c(n1S(=O)(=O)c1nnc(C)s1)CCC(C(=O)O)=C2. The van der Waals surface area contributed by atoms with E-state index >= 15 is 0 Å². The predicted molar refractivity (Wildman–Crippen MR) is 92.3 cm³/mol. The first kappa shape index (κ1) is 18.2. The number of hydrogen-bond donors (Lipinski definition) is 2. The van der Waals surface area contributed by atoms with E-state index in [1.54, 1.807) is 13.8 Å². The molecular weight excluding hydrogens is 382 g/mol. The zero-order valence-corrected chi connectivity index (χ0v) is 15.5. The molecule has 2 heterocycles. The molecular formula is C14H15N5O5S2. The first-order valence-corrected chi connectivity index (χ1v) is 9.90. The second kappa shape index (κ2) is 6.61. The van der Waals surface area contributed by atoms with Gasteiger partial charge in [-0.25, -0.2) is 13.8 Å². The van der Waals surface area contributed by atoms with Gasteiger partial charge in [0.2, 0.25) is 11.9 Å². The molecule has 1 aliphatic rings. The van der Waals surface area contributed by atoms with E-state index in [0.29, 0.717) is 10.7 Å². The Hall–Kier alpha value is -2.60. The number of hydrogen-bond acceptors (Lipinski definition) is 8. The fraction of sp³-hybridized carbons (Fsp3) is 0.357. The summed E-state index contributed by atoms with van der Waals surface area (Å²) in [6.07, 6.45) is 1.76. The Kier molecular flexibility index (Phi) is 4.63. The first-order valence-electron chi connectivity index (χ1n) is 7.65. The molecule has 138 valence electrons. The summed E-state index contributed by atoms with van der Waals surface area (Å²) >= 11 is 0.901. The van der Waals surface area contributed by atoms with Crippen molar-refractivity contribution in [2.24, 2.45) is 0 Å². The molecule has 0 atom stereocenters. The smallest absolute Gasteiger partial charge is 0.331 e. The molecule has 0 bridgehead atoms. The highest BCUT2D eigenvalue weighted by Crippen LogP contribution is 2.31. The highest BCUT2D eigenvalue weighted by atomic mass is 32.2. The Morgan fingerprint density at radius 1 is 1.35 bits per heavy atom. The Morgan fingerprint density at radius 3 is 2.65 bits per heavy atom. The lowest BCUT2D eigenvalue weighted by Crippen LogP contribution is -2.22. The monoisotopic (exact) mass is 397 g/mol. The number of carboxylic acids is 1. The molecule has 0 unspecified atom stereocenters. The van der Waals surface area contributed by atoms with Crippen LogP contribution in [-0.2, 0) is 26.0 Å². The minimum Gasteiger partial charge on any atom is -0.478 e. The molecule has 0 aliphatic heterocycles. The summed E-state index contributed by atoms with van der Waals surface area (Å²) in [5.41, 5.74) is 0.624. The van der Waals surface area contributed by atoms with Crippen LogP contribution in [0.4, 0.5) is 5.95 Å². The number of nitrogens with one attached hydrogen (secondary N) is 1. The molecule has 26 heavy (non-hydrogen) atoms. The van der Waals surface area contributed by atoms with Crippen molar-refractivity contribution < 1.29 is 23.1 Å². The van der Waals surface area contributed by atoms with E-state index in [9.17, 15) is 18.0 Å². The molecule has 2 N–H and O–H groups in total. The summed E-state index contributed by atoms with van der Waals surface area (Å²) in [5.74, 6) is -1.69. The molecule has 0 saturated carbocycles. The standard InChI is InChI=1S/C14H15N5O5S2/c1-3-11(20)16-13-15-9-6-8(12(21)22)4-5-10(9)19(13)26(23,24)14-18-17-7(2)25-14/h6H,3-5H2,1-2H3,(H,21,22)(H,15,16,20). The maximum absolute atomic E-state index is 13.0. The van der Waals surface area contributed by atoms with Crippen LogP contribution in [0, 0.1) is 6.92 Å². The van der Waals surface area contributed by atoms with Gasteiger partial charge in [-0.3, -0.25) is 10.1 Å². The number of aliphatic carboxylic acids is 1. The number of rotatable bonds is 5. The van der Waals surface area contributed by atoms with Crippen LogP contribution >= 0.6 is 11.3 Å². The number of anilines is 1. The lowest BCUT2D eigenvalue weighted by atomic mass is 10.0. The quantitative estimate of drug-likeness (QED) is 0.761. The van der Waals surface area contributed by atoms with Crippen molar-refractivity contribution in [3.8, 4) is 0 Å². The third kappa shape index (κ3) is 3.12. The van der Waals surface area contributed by atoms with E-state index in [1.807, 2.05) is 0 Å². The average molecular weight is 397 g/mol. The summed E-state index contributed by atoms with van der Waals surface area (Å²) in [7, 11) is -4.13. The van der Waals surface area contributed by atoms with Gasteiger partial charge in [-0.05, 0) is 25.8 Å². The molecule has 1 aliphatic carbocycles. The maximum Gasteiger partial charge on any atom is 0.331 e. The average Bonchev–Trinajstić information content (AvgIpc) is 3.17. The molecule has 3 rings (SSSR count). The third-order valence-corrected chi connectivity index (χ3v) is 6.63. The predicted octanol–water partition coefficient (Wildman–Crippen LogP) is 1.04. The van der Waals surface area contributed by atoms with Gasteiger partial charge >= 0.3 is 5.97 Å². The zero-order valence-electron chi connectivity index (χ0n) is 13.9. The Labute approximate surface area is 152 Å². The number of carbonyl (C=O) groups excluding carboxylic acids is 1. The van der Waals surface area contributed by atoms with E-state index in [4.69, 9.17) is 5.11 Å². The van der Waals surface area contributed by atoms with Gasteiger partial charge in [-0.15, -0.1) is 10.2 Å². The van der Waals surface area contributed by atoms with Crippen LogP contribution in [0.5, 0.6) is 0 Å². The summed E-state index contributed by atoms with van der Waals surface area (Å²) in [6, 6.07) is 0. The normalized spacial score (nSPS) is 13.8. The number of aryl methyl sites for hydroxylation is 1. The highest BCUT2D eigenvalue weighted by molar-refractivity contribution is 7.92. The van der Waals surface area contributed by atoms with Crippen LogP contribution in [0.1, 0.15) is 36.2 Å². The number of imidazole rings is 1. The number of aromatic nitrogens is 4. The molecule has 2 aromatic rings. The molecule has 0 aromatic carbocycles. The van der Waals surface area contributed by atoms with Crippen molar-refractivity contribution >= 4 is 45.3 Å². The van der Waals surface area contributed by atoms with Crippen LogP contribution in [0.3, 0.4) is 0 Å². The molecule has 0 fully saturated rings. The fourth-order valence-corrected chi connectivity index (χ4v) is 4.98. The van der Waals surface area contributed by atoms with E-state index in [0.717, 1.165) is 15.3 Å². The lowest BCUT2D eigenvalue weighted by molar-refractivity contribution is -0.132. The minimum absolute atomic E-state index is 0.125. The molecule has 0 radical (unpaired) electrons. The second-order valence-corrected chi connectivity index (χ2v) is 8.64. The van der Waals surface area contributed by atoms with Crippen LogP contribution in [0.25, 0.3) is 6.08 Å². The van der Waals surface area contributed by atoms with Gasteiger partial charge in [0.25, 0.3) is 14.4 Å². The van der Waals surface area contributed by atoms with Gasteiger partial charge in [0, 0.05) is 12.0 Å². The summed E-state index contributed by atoms with van der Waals surface area (Å²) < 4.78 is 26.8. The van der Waals surface area contributed by atoms with Crippen LogP contribution in [-0.4, -0.2) is 44.6 Å². The summed E-state index contributed by atoms with van der Waals surface area (Å²) in [4.78, 5) is 27.1. The van der Waals surface area contributed by atoms with Crippen LogP contribution in [0.15, 0.2) is 9.91 Å². The van der Waals surface area contributed by atoms with Crippen molar-refractivity contribution in [2.45, 2.75) is 37.4 Å². The van der Waals surface area contributed by atoms with Gasteiger partial charge in [-0.1, -0.05) is 18.3 Å². The number of carboxylic acid groups (broad SMARTS) is 1. The van der Waals surface area contributed by atoms with Crippen molar-refractivity contribution in [2.75, 3.05) is 5.32 Å². The largest absolute Gasteiger partial charge is 0.478 e. The van der Waals surface area contributed by atoms with Crippen LogP contribution in [0.2, 0.25) is 0 Å². The van der Waals surface area contributed by atoms with Crippen molar-refractivity contribution in [1.82, 2.24) is 19.2 Å². The van der Waals surface area contributed by atoms with E-state index in [1.165, 1.54) is 6.08 Å². The highest BCUT2D eigenvalue weighted by Gasteiger charge is 2.32. The van der Waals surface area contributed by atoms with Crippen molar-refractivity contribution in [3.63, 3.8) is 0 Å². The zero-order chi connectivity index (χ0) is 19.1. The third-order valence-electron chi connectivity index (χ3n) is 3.72. The van der Waals surface area contributed by atoms with Gasteiger partial charge in [-0.2, -0.15) is 8.42 Å².